The van der Waals surface area contributed by atoms with Gasteiger partial charge in [0.15, 0.2) is 5.82 Å². The Morgan fingerprint density at radius 1 is 1.22 bits per heavy atom. The molecule has 7 nitrogen and oxygen atoms in total. The summed E-state index contributed by atoms with van der Waals surface area (Å²) in [6, 6.07) is 6.51. The first-order chi connectivity index (χ1) is 13.2. The minimum absolute atomic E-state index is 0.0659. The van der Waals surface area contributed by atoms with Gasteiger partial charge in [-0.1, -0.05) is 23.7 Å². The Bertz CT molecular complexity index is 894. The second-order valence-electron chi connectivity index (χ2n) is 6.81. The lowest BCUT2D eigenvalue weighted by atomic mass is 10.0. The van der Waals surface area contributed by atoms with Crippen molar-refractivity contribution in [3.8, 4) is 11.5 Å². The molecule has 1 aliphatic heterocycles. The van der Waals surface area contributed by atoms with Gasteiger partial charge in [0.25, 0.3) is 5.89 Å². The number of benzene rings is 1. The number of aryl methyl sites for hydroxylation is 2. The van der Waals surface area contributed by atoms with Crippen molar-refractivity contribution in [2.24, 2.45) is 0 Å². The summed E-state index contributed by atoms with van der Waals surface area (Å²) in [4.78, 5) is 6.60. The van der Waals surface area contributed by atoms with E-state index >= 15 is 0 Å². The van der Waals surface area contributed by atoms with Gasteiger partial charge in [-0.3, -0.25) is 4.90 Å². The van der Waals surface area contributed by atoms with Gasteiger partial charge in [0.1, 0.15) is 5.82 Å². The van der Waals surface area contributed by atoms with Gasteiger partial charge in [-0.2, -0.15) is 4.98 Å². The highest BCUT2D eigenvalue weighted by Crippen LogP contribution is 2.32. The summed E-state index contributed by atoms with van der Waals surface area (Å²) in [5, 5.41) is 12.1. The van der Waals surface area contributed by atoms with Crippen LogP contribution < -0.4 is 0 Å². The first-order valence-corrected chi connectivity index (χ1v) is 9.32. The molecule has 142 valence electrons. The van der Waals surface area contributed by atoms with Crippen molar-refractivity contribution in [2.75, 3.05) is 13.1 Å². The van der Waals surface area contributed by atoms with Gasteiger partial charge >= 0.3 is 0 Å². The zero-order valence-electron chi connectivity index (χ0n) is 15.3. The van der Waals surface area contributed by atoms with Gasteiger partial charge in [0.2, 0.25) is 11.8 Å². The average molecular weight is 371 g/mol. The second-order valence-corrected chi connectivity index (χ2v) is 6.81. The molecule has 0 spiro atoms. The van der Waals surface area contributed by atoms with Gasteiger partial charge in [-0.15, -0.1) is 10.2 Å². The third-order valence-electron chi connectivity index (χ3n) is 4.85. The van der Waals surface area contributed by atoms with E-state index in [0.29, 0.717) is 23.2 Å². The molecule has 1 saturated heterocycles. The molecular weight excluding hydrogens is 349 g/mol. The molecule has 27 heavy (non-hydrogen) atoms. The highest BCUT2D eigenvalue weighted by atomic mass is 19.1. The molecule has 3 aromatic rings. The monoisotopic (exact) mass is 371 g/mol. The molecule has 0 bridgehead atoms. The van der Waals surface area contributed by atoms with Gasteiger partial charge < -0.3 is 8.94 Å². The van der Waals surface area contributed by atoms with Crippen LogP contribution in [0.4, 0.5) is 4.39 Å². The number of aromatic nitrogens is 4. The molecular formula is C19H22FN5O2. The molecule has 0 saturated carbocycles. The van der Waals surface area contributed by atoms with Crippen molar-refractivity contribution in [3.63, 3.8) is 0 Å². The van der Waals surface area contributed by atoms with Crippen molar-refractivity contribution >= 4 is 0 Å². The quantitative estimate of drug-likeness (QED) is 0.653. The standard InChI is InChI=1S/C19H22FN5O2/c1-13-21-17(27-24-13)10-6-12-25-11-5-4-9-16(25)19-23-22-18(26-19)14-7-2-3-8-15(14)20/h2-3,7-8,16H,4-6,9-12H2,1H3. The van der Waals surface area contributed by atoms with Gasteiger partial charge in [-0.05, 0) is 51.4 Å². The van der Waals surface area contributed by atoms with Crippen molar-refractivity contribution in [1.29, 1.82) is 0 Å². The molecule has 2 aromatic heterocycles. The fraction of sp³-hybridized carbons (Fsp3) is 0.474. The summed E-state index contributed by atoms with van der Waals surface area (Å²) >= 11 is 0. The van der Waals surface area contributed by atoms with E-state index in [2.05, 4.69) is 25.2 Å². The maximum atomic E-state index is 14.0. The van der Waals surface area contributed by atoms with E-state index in [0.717, 1.165) is 45.2 Å². The summed E-state index contributed by atoms with van der Waals surface area (Å²) in [7, 11) is 0. The molecule has 0 aliphatic carbocycles. The summed E-state index contributed by atoms with van der Waals surface area (Å²) in [5.74, 6) is 1.76. The first-order valence-electron chi connectivity index (χ1n) is 9.32. The summed E-state index contributed by atoms with van der Waals surface area (Å²) in [5.41, 5.74) is 0.338. The van der Waals surface area contributed by atoms with Crippen LogP contribution in [0.5, 0.6) is 0 Å². The Kier molecular flexibility index (Phi) is 5.24. The number of hydrogen-bond acceptors (Lipinski definition) is 7. The number of rotatable bonds is 6. The Morgan fingerprint density at radius 2 is 2.11 bits per heavy atom. The van der Waals surface area contributed by atoms with Crippen LogP contribution >= 0.6 is 0 Å². The molecule has 1 atom stereocenters. The fourth-order valence-electron chi connectivity index (χ4n) is 3.53. The summed E-state index contributed by atoms with van der Waals surface area (Å²) in [6.07, 6.45) is 4.87. The Morgan fingerprint density at radius 3 is 2.93 bits per heavy atom. The van der Waals surface area contributed by atoms with E-state index in [1.807, 2.05) is 6.92 Å². The number of likely N-dealkylation sites (tertiary alicyclic amines) is 1. The predicted molar refractivity (Wildman–Crippen MR) is 95.2 cm³/mol. The van der Waals surface area contributed by atoms with E-state index in [4.69, 9.17) is 8.94 Å². The first kappa shape index (κ1) is 17.8. The summed E-state index contributed by atoms with van der Waals surface area (Å²) < 4.78 is 25.0. The Hall–Kier alpha value is -2.61. The molecule has 1 unspecified atom stereocenters. The lowest BCUT2D eigenvalue weighted by Crippen LogP contribution is -2.34. The molecule has 1 aliphatic rings. The van der Waals surface area contributed by atoms with Crippen LogP contribution in [0.25, 0.3) is 11.5 Å². The minimum atomic E-state index is -0.358. The van der Waals surface area contributed by atoms with Crippen LogP contribution in [0.15, 0.2) is 33.2 Å². The van der Waals surface area contributed by atoms with Gasteiger partial charge in [0.05, 0.1) is 11.6 Å². The third kappa shape index (κ3) is 4.05. The van der Waals surface area contributed by atoms with Crippen LogP contribution in [0.3, 0.4) is 0 Å². The van der Waals surface area contributed by atoms with Gasteiger partial charge in [0, 0.05) is 6.42 Å². The lowest BCUT2D eigenvalue weighted by Gasteiger charge is -2.33. The molecule has 0 N–H and O–H groups in total. The third-order valence-corrected chi connectivity index (χ3v) is 4.85. The van der Waals surface area contributed by atoms with Crippen LogP contribution in [0.1, 0.15) is 49.3 Å². The number of piperidine rings is 1. The van der Waals surface area contributed by atoms with E-state index in [1.165, 1.54) is 6.07 Å². The SMILES string of the molecule is Cc1noc(CCCN2CCCCC2c2nnc(-c3ccccc3F)o2)n1. The molecule has 3 heterocycles. The Balaban J connectivity index is 1.44. The zero-order valence-corrected chi connectivity index (χ0v) is 15.3. The van der Waals surface area contributed by atoms with Crippen molar-refractivity contribution in [2.45, 2.75) is 45.1 Å². The van der Waals surface area contributed by atoms with Crippen molar-refractivity contribution < 1.29 is 13.3 Å². The Labute approximate surface area is 156 Å². The molecule has 0 radical (unpaired) electrons. The molecule has 8 heteroatoms. The van der Waals surface area contributed by atoms with Crippen LogP contribution in [-0.4, -0.2) is 38.3 Å². The van der Waals surface area contributed by atoms with E-state index in [-0.39, 0.29) is 17.7 Å². The van der Waals surface area contributed by atoms with E-state index in [9.17, 15) is 4.39 Å². The highest BCUT2D eigenvalue weighted by molar-refractivity contribution is 5.53. The largest absolute Gasteiger partial charge is 0.419 e. The van der Waals surface area contributed by atoms with E-state index in [1.54, 1.807) is 18.2 Å². The smallest absolute Gasteiger partial charge is 0.250 e. The molecule has 0 amide bonds. The topological polar surface area (TPSA) is 81.1 Å². The normalized spacial score (nSPS) is 18.1. The van der Waals surface area contributed by atoms with Crippen LogP contribution in [0, 0.1) is 12.7 Å². The number of hydrogen-bond donors (Lipinski definition) is 0. The van der Waals surface area contributed by atoms with Crippen LogP contribution in [0.2, 0.25) is 0 Å². The minimum Gasteiger partial charge on any atom is -0.419 e. The van der Waals surface area contributed by atoms with Crippen LogP contribution in [-0.2, 0) is 6.42 Å². The predicted octanol–water partition coefficient (Wildman–Crippen LogP) is 3.73. The number of nitrogens with zero attached hydrogens (tertiary/aromatic N) is 5. The molecule has 1 aromatic carbocycles. The van der Waals surface area contributed by atoms with Crippen molar-refractivity contribution in [1.82, 2.24) is 25.2 Å². The summed E-state index contributed by atoms with van der Waals surface area (Å²) in [6.45, 7) is 3.67. The maximum Gasteiger partial charge on any atom is 0.250 e. The average Bonchev–Trinajstić information content (AvgIpc) is 3.32. The zero-order chi connectivity index (χ0) is 18.6. The molecule has 1 fully saturated rings. The maximum absolute atomic E-state index is 14.0. The highest BCUT2D eigenvalue weighted by Gasteiger charge is 2.28. The fourth-order valence-corrected chi connectivity index (χ4v) is 3.53. The lowest BCUT2D eigenvalue weighted by molar-refractivity contribution is 0.123. The van der Waals surface area contributed by atoms with Gasteiger partial charge in [-0.25, -0.2) is 4.39 Å². The second kappa shape index (κ2) is 7.96. The van der Waals surface area contributed by atoms with E-state index < -0.39 is 0 Å². The molecule has 4 rings (SSSR count). The number of halogens is 1. The van der Waals surface area contributed by atoms with Crippen molar-refractivity contribution in [3.05, 3.63) is 47.7 Å².